The van der Waals surface area contributed by atoms with Crippen LogP contribution in [0.25, 0.3) is 0 Å². The molecule has 4 nitrogen and oxygen atoms in total. The van der Waals surface area contributed by atoms with Gasteiger partial charge in [-0.05, 0) is 37.1 Å². The zero-order valence-corrected chi connectivity index (χ0v) is 12.8. The molecule has 0 unspecified atom stereocenters. The molecule has 0 aliphatic heterocycles. The molecule has 2 rings (SSSR count). The number of ether oxygens (including phenoxy) is 1. The molecule has 0 amide bonds. The highest BCUT2D eigenvalue weighted by Crippen LogP contribution is 2.14. The van der Waals surface area contributed by atoms with Crippen LogP contribution in [0, 0.1) is 19.7 Å². The van der Waals surface area contributed by atoms with Crippen molar-refractivity contribution in [2.45, 2.75) is 26.9 Å². The van der Waals surface area contributed by atoms with E-state index in [0.29, 0.717) is 13.2 Å². The lowest BCUT2D eigenvalue weighted by molar-refractivity contribution is 0.199. The van der Waals surface area contributed by atoms with Crippen LogP contribution in [0.15, 0.2) is 24.4 Å². The van der Waals surface area contributed by atoms with Gasteiger partial charge in [-0.3, -0.25) is 4.68 Å². The van der Waals surface area contributed by atoms with Crippen LogP contribution in [0.2, 0.25) is 0 Å². The van der Waals surface area contributed by atoms with E-state index in [1.54, 1.807) is 13.2 Å². The van der Waals surface area contributed by atoms with Crippen molar-refractivity contribution >= 4 is 0 Å². The molecular formula is C16H22FN3O. The maximum absolute atomic E-state index is 13.1. The lowest BCUT2D eigenvalue weighted by Gasteiger charge is -2.09. The lowest BCUT2D eigenvalue weighted by Crippen LogP contribution is -2.19. The normalized spacial score (nSPS) is 11.0. The van der Waals surface area contributed by atoms with E-state index in [9.17, 15) is 4.39 Å². The predicted octanol–water partition coefficient (Wildman–Crippen LogP) is 2.42. The second kappa shape index (κ2) is 7.33. The number of rotatable bonds is 7. The Bertz CT molecular complexity index is 595. The fraction of sp³-hybridized carbons (Fsp3) is 0.438. The second-order valence-corrected chi connectivity index (χ2v) is 5.15. The fourth-order valence-electron chi connectivity index (χ4n) is 2.21. The second-order valence-electron chi connectivity index (χ2n) is 5.15. The molecule has 2 aromatic rings. The summed E-state index contributed by atoms with van der Waals surface area (Å²) in [6, 6.07) is 4.87. The van der Waals surface area contributed by atoms with Gasteiger partial charge in [-0.1, -0.05) is 6.07 Å². The molecule has 21 heavy (non-hydrogen) atoms. The van der Waals surface area contributed by atoms with Crippen molar-refractivity contribution in [1.82, 2.24) is 15.1 Å². The smallest absolute Gasteiger partial charge is 0.123 e. The third kappa shape index (κ3) is 4.12. The summed E-state index contributed by atoms with van der Waals surface area (Å²) in [7, 11) is 1.69. The van der Waals surface area contributed by atoms with Gasteiger partial charge in [-0.25, -0.2) is 4.39 Å². The van der Waals surface area contributed by atoms with E-state index in [0.717, 1.165) is 29.9 Å². The van der Waals surface area contributed by atoms with Crippen molar-refractivity contribution in [3.8, 4) is 0 Å². The Morgan fingerprint density at radius 3 is 2.81 bits per heavy atom. The van der Waals surface area contributed by atoms with E-state index < -0.39 is 0 Å². The number of nitrogens with one attached hydrogen (secondary N) is 1. The SMILES string of the molecule is COCCNCc1cnn(Cc2ccc(F)cc2C)c1C. The minimum Gasteiger partial charge on any atom is -0.383 e. The number of halogens is 1. The monoisotopic (exact) mass is 291 g/mol. The minimum absolute atomic E-state index is 0.198. The van der Waals surface area contributed by atoms with Crippen molar-refractivity contribution in [1.29, 1.82) is 0 Å². The molecule has 0 fully saturated rings. The maximum Gasteiger partial charge on any atom is 0.123 e. The number of hydrogen-bond donors (Lipinski definition) is 1. The predicted molar refractivity (Wildman–Crippen MR) is 80.8 cm³/mol. The van der Waals surface area contributed by atoms with E-state index >= 15 is 0 Å². The number of benzene rings is 1. The van der Waals surface area contributed by atoms with E-state index in [4.69, 9.17) is 4.74 Å². The average Bonchev–Trinajstić information content (AvgIpc) is 2.79. The molecule has 0 radical (unpaired) electrons. The maximum atomic E-state index is 13.1. The summed E-state index contributed by atoms with van der Waals surface area (Å²) in [4.78, 5) is 0. The number of aryl methyl sites for hydroxylation is 1. The van der Waals surface area contributed by atoms with Gasteiger partial charge in [0.25, 0.3) is 0 Å². The highest BCUT2D eigenvalue weighted by molar-refractivity contribution is 5.27. The van der Waals surface area contributed by atoms with Crippen LogP contribution in [-0.4, -0.2) is 30.0 Å². The van der Waals surface area contributed by atoms with E-state index in [1.807, 2.05) is 23.9 Å². The van der Waals surface area contributed by atoms with Crippen LogP contribution in [0.3, 0.4) is 0 Å². The topological polar surface area (TPSA) is 39.1 Å². The molecule has 0 aliphatic rings. The number of nitrogens with zero attached hydrogens (tertiary/aromatic N) is 2. The highest BCUT2D eigenvalue weighted by Gasteiger charge is 2.08. The molecule has 0 aliphatic carbocycles. The first kappa shape index (κ1) is 15.7. The summed E-state index contributed by atoms with van der Waals surface area (Å²) < 4.78 is 20.1. The van der Waals surface area contributed by atoms with Gasteiger partial charge in [0.05, 0.1) is 19.3 Å². The first-order chi connectivity index (χ1) is 10.1. The van der Waals surface area contributed by atoms with Crippen molar-refractivity contribution in [3.63, 3.8) is 0 Å². The molecule has 0 atom stereocenters. The van der Waals surface area contributed by atoms with Crippen LogP contribution < -0.4 is 5.32 Å². The zero-order valence-electron chi connectivity index (χ0n) is 12.8. The first-order valence-electron chi connectivity index (χ1n) is 7.07. The Labute approximate surface area is 124 Å². The molecule has 0 saturated carbocycles. The number of methoxy groups -OCH3 is 1. The summed E-state index contributed by atoms with van der Waals surface area (Å²) >= 11 is 0. The van der Waals surface area contributed by atoms with Gasteiger partial charge in [0.15, 0.2) is 0 Å². The van der Waals surface area contributed by atoms with E-state index in [1.165, 1.54) is 11.6 Å². The van der Waals surface area contributed by atoms with Gasteiger partial charge in [0.1, 0.15) is 5.82 Å². The van der Waals surface area contributed by atoms with Crippen molar-refractivity contribution in [2.75, 3.05) is 20.3 Å². The standard InChI is InChI=1S/C16H22FN3O/c1-12-8-16(17)5-4-14(12)11-20-13(2)15(10-19-20)9-18-6-7-21-3/h4-5,8,10,18H,6-7,9,11H2,1-3H3. The number of aromatic nitrogens is 2. The zero-order chi connectivity index (χ0) is 15.2. The molecule has 0 saturated heterocycles. The summed E-state index contributed by atoms with van der Waals surface area (Å²) in [5, 5.41) is 7.74. The average molecular weight is 291 g/mol. The van der Waals surface area contributed by atoms with Crippen LogP contribution in [0.1, 0.15) is 22.4 Å². The van der Waals surface area contributed by atoms with Crippen molar-refractivity contribution in [3.05, 3.63) is 52.6 Å². The van der Waals surface area contributed by atoms with E-state index in [-0.39, 0.29) is 5.82 Å². The highest BCUT2D eigenvalue weighted by atomic mass is 19.1. The molecule has 0 spiro atoms. The molecule has 5 heteroatoms. The third-order valence-electron chi connectivity index (χ3n) is 3.63. The van der Waals surface area contributed by atoms with Crippen molar-refractivity contribution in [2.24, 2.45) is 0 Å². The Kier molecular flexibility index (Phi) is 5.47. The Morgan fingerprint density at radius 2 is 2.10 bits per heavy atom. The summed E-state index contributed by atoms with van der Waals surface area (Å²) in [6.07, 6.45) is 1.88. The van der Waals surface area contributed by atoms with Crippen LogP contribution in [0.4, 0.5) is 4.39 Å². The van der Waals surface area contributed by atoms with Crippen molar-refractivity contribution < 1.29 is 9.13 Å². The summed E-state index contributed by atoms with van der Waals surface area (Å²) in [5.41, 5.74) is 4.33. The summed E-state index contributed by atoms with van der Waals surface area (Å²) in [6.45, 7) is 6.93. The molecule has 1 aromatic heterocycles. The van der Waals surface area contributed by atoms with Gasteiger partial charge in [0.2, 0.25) is 0 Å². The quantitative estimate of drug-likeness (QED) is 0.796. The Morgan fingerprint density at radius 1 is 1.29 bits per heavy atom. The molecule has 114 valence electrons. The summed E-state index contributed by atoms with van der Waals surface area (Å²) in [5.74, 6) is -0.198. The Balaban J connectivity index is 2.02. The van der Waals surface area contributed by atoms with Gasteiger partial charge < -0.3 is 10.1 Å². The van der Waals surface area contributed by atoms with Gasteiger partial charge in [-0.15, -0.1) is 0 Å². The van der Waals surface area contributed by atoms with Crippen LogP contribution in [0.5, 0.6) is 0 Å². The number of hydrogen-bond acceptors (Lipinski definition) is 3. The third-order valence-corrected chi connectivity index (χ3v) is 3.63. The largest absolute Gasteiger partial charge is 0.383 e. The lowest BCUT2D eigenvalue weighted by atomic mass is 10.1. The Hall–Kier alpha value is -1.72. The fourth-order valence-corrected chi connectivity index (χ4v) is 2.21. The van der Waals surface area contributed by atoms with Gasteiger partial charge in [0, 0.05) is 31.5 Å². The van der Waals surface area contributed by atoms with Gasteiger partial charge in [-0.2, -0.15) is 5.10 Å². The molecule has 1 aromatic carbocycles. The minimum atomic E-state index is -0.198. The molecule has 0 bridgehead atoms. The molecule has 1 heterocycles. The van der Waals surface area contributed by atoms with Crippen LogP contribution >= 0.6 is 0 Å². The first-order valence-corrected chi connectivity index (χ1v) is 7.07. The van der Waals surface area contributed by atoms with Gasteiger partial charge >= 0.3 is 0 Å². The molecular weight excluding hydrogens is 269 g/mol. The molecule has 1 N–H and O–H groups in total. The van der Waals surface area contributed by atoms with E-state index in [2.05, 4.69) is 17.3 Å². The van der Waals surface area contributed by atoms with Crippen LogP contribution in [-0.2, 0) is 17.8 Å².